The first-order chi connectivity index (χ1) is 10.8. The Labute approximate surface area is 129 Å². The van der Waals surface area contributed by atoms with Crippen molar-refractivity contribution in [3.05, 3.63) is 66.1 Å². The molecule has 0 aliphatic heterocycles. The fraction of sp³-hybridized carbons (Fsp3) is 0.176. The van der Waals surface area contributed by atoms with Crippen LogP contribution < -0.4 is 10.5 Å². The van der Waals surface area contributed by atoms with E-state index in [1.807, 2.05) is 48.5 Å². The molecule has 3 rings (SSSR count). The van der Waals surface area contributed by atoms with Crippen molar-refractivity contribution < 1.29 is 4.74 Å². The number of nitrogens with one attached hydrogen (secondary N) is 1. The lowest BCUT2D eigenvalue weighted by Gasteiger charge is -2.11. The summed E-state index contributed by atoms with van der Waals surface area (Å²) in [5.74, 6) is 0.841. The Morgan fingerprint density at radius 2 is 2.00 bits per heavy atom. The third kappa shape index (κ3) is 2.84. The van der Waals surface area contributed by atoms with Gasteiger partial charge < -0.3 is 10.5 Å². The number of aromatic amines is 1. The SMILES string of the molecule is COc1ccc(-c2cc(C(CN)c3ccccn3)[nH]n2)cc1. The Kier molecular flexibility index (Phi) is 4.16. The zero-order valence-electron chi connectivity index (χ0n) is 12.4. The standard InChI is InChI=1S/C17H18N4O/c1-22-13-7-5-12(6-8-13)16-10-17(21-20-16)14(11-18)15-4-2-3-9-19-15/h2-10,14H,11,18H2,1H3,(H,20,21). The molecule has 0 radical (unpaired) electrons. The summed E-state index contributed by atoms with van der Waals surface area (Å²) in [5, 5.41) is 7.47. The van der Waals surface area contributed by atoms with Gasteiger partial charge in [0.05, 0.1) is 24.4 Å². The molecule has 0 fully saturated rings. The van der Waals surface area contributed by atoms with Crippen LogP contribution in [0.15, 0.2) is 54.7 Å². The first-order valence-electron chi connectivity index (χ1n) is 7.12. The van der Waals surface area contributed by atoms with E-state index in [0.29, 0.717) is 6.54 Å². The number of hydrogen-bond donors (Lipinski definition) is 2. The number of hydrogen-bond acceptors (Lipinski definition) is 4. The Balaban J connectivity index is 1.88. The molecule has 0 saturated heterocycles. The highest BCUT2D eigenvalue weighted by Crippen LogP contribution is 2.26. The number of nitrogens with zero attached hydrogens (tertiary/aromatic N) is 2. The molecule has 22 heavy (non-hydrogen) atoms. The molecule has 112 valence electrons. The predicted octanol–water partition coefficient (Wildman–Crippen LogP) is 2.57. The van der Waals surface area contributed by atoms with Gasteiger partial charge in [-0.1, -0.05) is 6.07 Å². The number of rotatable bonds is 5. The van der Waals surface area contributed by atoms with Gasteiger partial charge in [-0.3, -0.25) is 10.1 Å². The number of pyridine rings is 1. The Morgan fingerprint density at radius 3 is 2.64 bits per heavy atom. The van der Waals surface area contributed by atoms with E-state index in [4.69, 9.17) is 10.5 Å². The number of aromatic nitrogens is 3. The molecule has 0 aliphatic carbocycles. The van der Waals surface area contributed by atoms with Crippen molar-refractivity contribution in [3.8, 4) is 17.0 Å². The molecule has 1 atom stereocenters. The minimum Gasteiger partial charge on any atom is -0.497 e. The quantitative estimate of drug-likeness (QED) is 0.758. The van der Waals surface area contributed by atoms with Crippen molar-refractivity contribution >= 4 is 0 Å². The number of nitrogens with two attached hydrogens (primary N) is 1. The second-order valence-corrected chi connectivity index (χ2v) is 4.98. The molecule has 0 aliphatic rings. The molecular weight excluding hydrogens is 276 g/mol. The van der Waals surface area contributed by atoms with Gasteiger partial charge in [-0.2, -0.15) is 5.10 Å². The van der Waals surface area contributed by atoms with Crippen molar-refractivity contribution in [2.75, 3.05) is 13.7 Å². The van der Waals surface area contributed by atoms with Crippen LogP contribution in [-0.2, 0) is 0 Å². The van der Waals surface area contributed by atoms with Crippen LogP contribution in [0.25, 0.3) is 11.3 Å². The van der Waals surface area contributed by atoms with Crippen molar-refractivity contribution in [1.82, 2.24) is 15.2 Å². The lowest BCUT2D eigenvalue weighted by molar-refractivity contribution is 0.415. The topological polar surface area (TPSA) is 76.8 Å². The van der Waals surface area contributed by atoms with E-state index in [1.165, 1.54) is 0 Å². The Morgan fingerprint density at radius 1 is 1.18 bits per heavy atom. The highest BCUT2D eigenvalue weighted by Gasteiger charge is 2.16. The first-order valence-corrected chi connectivity index (χ1v) is 7.12. The molecule has 0 saturated carbocycles. The molecule has 2 aromatic heterocycles. The van der Waals surface area contributed by atoms with E-state index in [2.05, 4.69) is 15.2 Å². The molecule has 0 spiro atoms. The summed E-state index contributed by atoms with van der Waals surface area (Å²) in [6.45, 7) is 0.473. The second-order valence-electron chi connectivity index (χ2n) is 4.98. The van der Waals surface area contributed by atoms with Crippen molar-refractivity contribution in [2.24, 2.45) is 5.73 Å². The molecule has 3 aromatic rings. The van der Waals surface area contributed by atoms with Gasteiger partial charge in [0.25, 0.3) is 0 Å². The molecule has 3 N–H and O–H groups in total. The van der Waals surface area contributed by atoms with Gasteiger partial charge in [-0.15, -0.1) is 0 Å². The van der Waals surface area contributed by atoms with Gasteiger partial charge in [0.2, 0.25) is 0 Å². The summed E-state index contributed by atoms with van der Waals surface area (Å²) >= 11 is 0. The van der Waals surface area contributed by atoms with Crippen LogP contribution >= 0.6 is 0 Å². The average molecular weight is 294 g/mol. The lowest BCUT2D eigenvalue weighted by Crippen LogP contribution is -2.15. The highest BCUT2D eigenvalue weighted by molar-refractivity contribution is 5.60. The smallest absolute Gasteiger partial charge is 0.118 e. The van der Waals surface area contributed by atoms with Gasteiger partial charge in [-0.25, -0.2) is 0 Å². The molecule has 0 amide bonds. The van der Waals surface area contributed by atoms with E-state index < -0.39 is 0 Å². The molecule has 1 unspecified atom stereocenters. The van der Waals surface area contributed by atoms with Crippen LogP contribution in [-0.4, -0.2) is 28.8 Å². The molecular formula is C17H18N4O. The Hall–Kier alpha value is -2.66. The maximum Gasteiger partial charge on any atom is 0.118 e. The zero-order chi connectivity index (χ0) is 15.4. The van der Waals surface area contributed by atoms with E-state index in [-0.39, 0.29) is 5.92 Å². The summed E-state index contributed by atoms with van der Waals surface area (Å²) in [6, 6.07) is 15.7. The minimum atomic E-state index is 0.0145. The third-order valence-corrected chi connectivity index (χ3v) is 3.64. The van der Waals surface area contributed by atoms with Crippen LogP contribution in [0.2, 0.25) is 0 Å². The summed E-state index contributed by atoms with van der Waals surface area (Å²) in [5.41, 5.74) is 9.73. The fourth-order valence-electron chi connectivity index (χ4n) is 2.41. The van der Waals surface area contributed by atoms with Crippen LogP contribution in [0.3, 0.4) is 0 Å². The summed E-state index contributed by atoms with van der Waals surface area (Å²) in [4.78, 5) is 4.39. The number of H-pyrrole nitrogens is 1. The number of ether oxygens (including phenoxy) is 1. The molecule has 5 nitrogen and oxygen atoms in total. The van der Waals surface area contributed by atoms with Crippen LogP contribution in [0.1, 0.15) is 17.3 Å². The van der Waals surface area contributed by atoms with E-state index in [9.17, 15) is 0 Å². The predicted molar refractivity (Wildman–Crippen MR) is 85.7 cm³/mol. The van der Waals surface area contributed by atoms with Crippen molar-refractivity contribution in [3.63, 3.8) is 0 Å². The summed E-state index contributed by atoms with van der Waals surface area (Å²) in [7, 11) is 1.65. The monoisotopic (exact) mass is 294 g/mol. The van der Waals surface area contributed by atoms with Crippen LogP contribution in [0, 0.1) is 0 Å². The van der Waals surface area contributed by atoms with Gasteiger partial charge in [0, 0.05) is 24.0 Å². The van der Waals surface area contributed by atoms with Crippen molar-refractivity contribution in [2.45, 2.75) is 5.92 Å². The maximum absolute atomic E-state index is 5.92. The van der Waals surface area contributed by atoms with E-state index >= 15 is 0 Å². The minimum absolute atomic E-state index is 0.0145. The maximum atomic E-state index is 5.92. The van der Waals surface area contributed by atoms with Crippen LogP contribution in [0.4, 0.5) is 0 Å². The number of benzene rings is 1. The van der Waals surface area contributed by atoms with Gasteiger partial charge in [0.15, 0.2) is 0 Å². The lowest BCUT2D eigenvalue weighted by atomic mass is 10.00. The third-order valence-electron chi connectivity index (χ3n) is 3.64. The summed E-state index contributed by atoms with van der Waals surface area (Å²) in [6.07, 6.45) is 1.78. The van der Waals surface area contributed by atoms with Gasteiger partial charge in [-0.05, 0) is 42.5 Å². The normalized spacial score (nSPS) is 12.1. The van der Waals surface area contributed by atoms with E-state index in [0.717, 1.165) is 28.4 Å². The molecule has 2 heterocycles. The largest absolute Gasteiger partial charge is 0.497 e. The molecule has 5 heteroatoms. The van der Waals surface area contributed by atoms with E-state index in [1.54, 1.807) is 13.3 Å². The van der Waals surface area contributed by atoms with Crippen molar-refractivity contribution in [1.29, 1.82) is 0 Å². The Bertz CT molecular complexity index is 722. The van der Waals surface area contributed by atoms with Gasteiger partial charge in [0.1, 0.15) is 5.75 Å². The van der Waals surface area contributed by atoms with Gasteiger partial charge >= 0.3 is 0 Å². The number of methoxy groups -OCH3 is 1. The molecule has 0 bridgehead atoms. The second kappa shape index (κ2) is 6.41. The fourth-order valence-corrected chi connectivity index (χ4v) is 2.41. The van der Waals surface area contributed by atoms with Crippen LogP contribution in [0.5, 0.6) is 5.75 Å². The zero-order valence-corrected chi connectivity index (χ0v) is 12.4. The first kappa shape index (κ1) is 14.3. The molecule has 1 aromatic carbocycles. The highest BCUT2D eigenvalue weighted by atomic mass is 16.5. The summed E-state index contributed by atoms with van der Waals surface area (Å²) < 4.78 is 5.17. The average Bonchev–Trinajstić information content (AvgIpc) is 3.06.